The van der Waals surface area contributed by atoms with Gasteiger partial charge in [-0.25, -0.2) is 0 Å². The topological polar surface area (TPSA) is 59.1 Å². The van der Waals surface area contributed by atoms with Crippen LogP contribution >= 0.6 is 0 Å². The molecule has 15 heavy (non-hydrogen) atoms. The van der Waals surface area contributed by atoms with Gasteiger partial charge in [0.2, 0.25) is 0 Å². The molecule has 3 nitrogen and oxygen atoms in total. The molecule has 1 heterocycles. The molecule has 1 aromatic rings. The van der Waals surface area contributed by atoms with Crippen LogP contribution in [0.5, 0.6) is 0 Å². The van der Waals surface area contributed by atoms with E-state index in [0.717, 1.165) is 12.3 Å². The smallest absolute Gasteiger partial charge is 0.388 e. The molecule has 0 radical (unpaired) electrons. The standard InChI is InChI=1S/C9H11F3N2O/c10-9(11,12)8-2-1-6(5-14-8)7(15)3-4-13/h1-2,5,7,15H,3-4,13H2/t7-/m1/s1. The summed E-state index contributed by atoms with van der Waals surface area (Å²) in [4.78, 5) is 3.23. The summed E-state index contributed by atoms with van der Waals surface area (Å²) < 4.78 is 36.4. The largest absolute Gasteiger partial charge is 0.433 e. The second-order valence-electron chi connectivity index (χ2n) is 3.07. The molecule has 1 rings (SSSR count). The minimum Gasteiger partial charge on any atom is -0.388 e. The molecule has 0 aromatic carbocycles. The van der Waals surface area contributed by atoms with Gasteiger partial charge < -0.3 is 10.8 Å². The first-order valence-corrected chi connectivity index (χ1v) is 4.36. The van der Waals surface area contributed by atoms with Crippen LogP contribution in [0.3, 0.4) is 0 Å². The molecule has 84 valence electrons. The lowest BCUT2D eigenvalue weighted by atomic mass is 10.1. The number of halogens is 3. The Labute approximate surface area is 84.7 Å². The number of aromatic nitrogens is 1. The first-order valence-electron chi connectivity index (χ1n) is 4.36. The van der Waals surface area contributed by atoms with E-state index in [9.17, 15) is 18.3 Å². The number of nitrogens with zero attached hydrogens (tertiary/aromatic N) is 1. The third kappa shape index (κ3) is 3.17. The van der Waals surface area contributed by atoms with E-state index in [1.807, 2.05) is 0 Å². The SMILES string of the molecule is NCC[C@@H](O)c1ccc(C(F)(F)F)nc1. The summed E-state index contributed by atoms with van der Waals surface area (Å²) in [5.41, 5.74) is 4.58. The van der Waals surface area contributed by atoms with Gasteiger partial charge in [0.05, 0.1) is 6.10 Å². The fourth-order valence-electron chi connectivity index (χ4n) is 1.09. The molecule has 1 atom stereocenters. The van der Waals surface area contributed by atoms with Gasteiger partial charge in [0.1, 0.15) is 5.69 Å². The first-order chi connectivity index (χ1) is 6.95. The van der Waals surface area contributed by atoms with Gasteiger partial charge in [0.25, 0.3) is 0 Å². The molecule has 0 aliphatic carbocycles. The Balaban J connectivity index is 2.81. The van der Waals surface area contributed by atoms with Crippen LogP contribution in [-0.2, 0) is 6.18 Å². The monoisotopic (exact) mass is 220 g/mol. The van der Waals surface area contributed by atoms with E-state index in [0.29, 0.717) is 12.0 Å². The van der Waals surface area contributed by atoms with Crippen molar-refractivity contribution in [2.45, 2.75) is 18.7 Å². The third-order valence-electron chi connectivity index (χ3n) is 1.90. The fourth-order valence-corrected chi connectivity index (χ4v) is 1.09. The van der Waals surface area contributed by atoms with Gasteiger partial charge in [-0.1, -0.05) is 6.07 Å². The van der Waals surface area contributed by atoms with E-state index in [4.69, 9.17) is 5.73 Å². The summed E-state index contributed by atoms with van der Waals surface area (Å²) in [6.45, 7) is 0.266. The molecule has 0 aliphatic rings. The van der Waals surface area contributed by atoms with E-state index in [-0.39, 0.29) is 6.54 Å². The van der Waals surface area contributed by atoms with E-state index < -0.39 is 18.0 Å². The predicted octanol–water partition coefficient (Wildman–Crippen LogP) is 1.48. The molecule has 0 bridgehead atoms. The van der Waals surface area contributed by atoms with E-state index in [1.165, 1.54) is 6.07 Å². The Kier molecular flexibility index (Phi) is 3.65. The maximum Gasteiger partial charge on any atom is 0.433 e. The Morgan fingerprint density at radius 1 is 1.40 bits per heavy atom. The van der Waals surface area contributed by atoms with Crippen LogP contribution in [0.1, 0.15) is 23.8 Å². The van der Waals surface area contributed by atoms with Gasteiger partial charge in [0.15, 0.2) is 0 Å². The highest BCUT2D eigenvalue weighted by Gasteiger charge is 2.32. The summed E-state index contributed by atoms with van der Waals surface area (Å²) in [5.74, 6) is 0. The molecule has 0 fully saturated rings. The minimum absolute atomic E-state index is 0.266. The Morgan fingerprint density at radius 2 is 2.07 bits per heavy atom. The molecular weight excluding hydrogens is 209 g/mol. The maximum atomic E-state index is 12.1. The van der Waals surface area contributed by atoms with E-state index in [2.05, 4.69) is 4.98 Å². The first kappa shape index (κ1) is 11.9. The van der Waals surface area contributed by atoms with Gasteiger partial charge in [-0.05, 0) is 24.6 Å². The van der Waals surface area contributed by atoms with E-state index >= 15 is 0 Å². The Hall–Kier alpha value is -1.14. The molecule has 3 N–H and O–H groups in total. The highest BCUT2D eigenvalue weighted by molar-refractivity contribution is 5.17. The zero-order chi connectivity index (χ0) is 11.5. The lowest BCUT2D eigenvalue weighted by Crippen LogP contribution is -2.10. The van der Waals surface area contributed by atoms with Crippen molar-refractivity contribution in [3.8, 4) is 0 Å². The van der Waals surface area contributed by atoms with Crippen LogP contribution in [0.15, 0.2) is 18.3 Å². The number of rotatable bonds is 3. The lowest BCUT2D eigenvalue weighted by Gasteiger charge is -2.10. The van der Waals surface area contributed by atoms with Gasteiger partial charge >= 0.3 is 6.18 Å². The average Bonchev–Trinajstić information content (AvgIpc) is 2.17. The molecular formula is C9H11F3N2O. The van der Waals surface area contributed by atoms with Gasteiger partial charge in [-0.3, -0.25) is 4.98 Å². The highest BCUT2D eigenvalue weighted by atomic mass is 19.4. The average molecular weight is 220 g/mol. The second kappa shape index (κ2) is 4.59. The van der Waals surface area contributed by atoms with Crippen molar-refractivity contribution < 1.29 is 18.3 Å². The molecule has 1 aromatic heterocycles. The number of nitrogens with two attached hydrogens (primary N) is 1. The van der Waals surface area contributed by atoms with Gasteiger partial charge in [-0.15, -0.1) is 0 Å². The van der Waals surface area contributed by atoms with Crippen LogP contribution in [0.2, 0.25) is 0 Å². The van der Waals surface area contributed by atoms with Crippen molar-refractivity contribution in [2.75, 3.05) is 6.54 Å². The van der Waals surface area contributed by atoms with Gasteiger partial charge in [-0.2, -0.15) is 13.2 Å². The van der Waals surface area contributed by atoms with Crippen molar-refractivity contribution in [2.24, 2.45) is 5.73 Å². The fraction of sp³-hybridized carbons (Fsp3) is 0.444. The molecule has 0 unspecified atom stereocenters. The minimum atomic E-state index is -4.45. The summed E-state index contributed by atoms with van der Waals surface area (Å²) in [7, 11) is 0. The maximum absolute atomic E-state index is 12.1. The van der Waals surface area contributed by atoms with Gasteiger partial charge in [0, 0.05) is 6.20 Å². The molecule has 0 amide bonds. The normalized spacial score (nSPS) is 13.9. The number of pyridine rings is 1. The zero-order valence-electron chi connectivity index (χ0n) is 7.83. The lowest BCUT2D eigenvalue weighted by molar-refractivity contribution is -0.141. The van der Waals surface area contributed by atoms with Crippen molar-refractivity contribution >= 4 is 0 Å². The number of aliphatic hydroxyl groups is 1. The van der Waals surface area contributed by atoms with Crippen LogP contribution in [-0.4, -0.2) is 16.6 Å². The zero-order valence-corrected chi connectivity index (χ0v) is 7.83. The van der Waals surface area contributed by atoms with Crippen molar-refractivity contribution in [3.05, 3.63) is 29.6 Å². The number of hydrogen-bond acceptors (Lipinski definition) is 3. The molecule has 0 aliphatic heterocycles. The van der Waals surface area contributed by atoms with Crippen molar-refractivity contribution in [3.63, 3.8) is 0 Å². The number of aliphatic hydroxyl groups excluding tert-OH is 1. The summed E-state index contributed by atoms with van der Waals surface area (Å²) in [6, 6.07) is 2.05. The molecule has 0 saturated heterocycles. The Morgan fingerprint density at radius 3 is 2.47 bits per heavy atom. The number of alkyl halides is 3. The van der Waals surface area contributed by atoms with E-state index in [1.54, 1.807) is 0 Å². The summed E-state index contributed by atoms with van der Waals surface area (Å²) >= 11 is 0. The quantitative estimate of drug-likeness (QED) is 0.811. The molecule has 0 saturated carbocycles. The van der Waals surface area contributed by atoms with Crippen LogP contribution < -0.4 is 5.73 Å². The van der Waals surface area contributed by atoms with Crippen molar-refractivity contribution in [1.29, 1.82) is 0 Å². The third-order valence-corrected chi connectivity index (χ3v) is 1.90. The highest BCUT2D eigenvalue weighted by Crippen LogP contribution is 2.28. The molecule has 0 spiro atoms. The predicted molar refractivity (Wildman–Crippen MR) is 47.9 cm³/mol. The van der Waals surface area contributed by atoms with Crippen molar-refractivity contribution in [1.82, 2.24) is 4.98 Å². The molecule has 6 heteroatoms. The summed E-state index contributed by atoms with van der Waals surface area (Å²) in [6.07, 6.45) is -3.99. The van der Waals surface area contributed by atoms with Crippen LogP contribution in [0.4, 0.5) is 13.2 Å². The van der Waals surface area contributed by atoms with Crippen LogP contribution in [0, 0.1) is 0 Å². The van der Waals surface area contributed by atoms with Crippen LogP contribution in [0.25, 0.3) is 0 Å². The second-order valence-corrected chi connectivity index (χ2v) is 3.07. The number of hydrogen-bond donors (Lipinski definition) is 2. The Bertz CT molecular complexity index is 310. The summed E-state index contributed by atoms with van der Waals surface area (Å²) in [5, 5.41) is 9.41.